The fourth-order valence-electron chi connectivity index (χ4n) is 4.15. The Kier molecular flexibility index (Phi) is 9.26. The molecule has 4 heteroatoms. The van der Waals surface area contributed by atoms with Crippen LogP contribution < -0.4 is 9.20 Å². The Hall–Kier alpha value is -3.72. The predicted octanol–water partition coefficient (Wildman–Crippen LogP) is 6.45. The van der Waals surface area contributed by atoms with Crippen molar-refractivity contribution in [1.29, 1.82) is 0 Å². The van der Waals surface area contributed by atoms with Gasteiger partial charge in [-0.3, -0.25) is 0 Å². The number of ether oxygens (including phenoxy) is 1. The number of aryl methyl sites for hydroxylation is 1. The van der Waals surface area contributed by atoms with Gasteiger partial charge in [-0.1, -0.05) is 0 Å². The molecular formula is C33H30O3Se. The van der Waals surface area contributed by atoms with Crippen molar-refractivity contribution in [2.45, 2.75) is 18.7 Å². The van der Waals surface area contributed by atoms with E-state index in [-0.39, 0.29) is 26.5 Å². The van der Waals surface area contributed by atoms with Gasteiger partial charge in [0.2, 0.25) is 0 Å². The van der Waals surface area contributed by atoms with Gasteiger partial charge in [-0.15, -0.1) is 0 Å². The topological polar surface area (TPSA) is 43.4 Å². The number of rotatable bonds is 11. The van der Waals surface area contributed by atoms with Gasteiger partial charge in [-0.05, 0) is 0 Å². The average Bonchev–Trinajstić information content (AvgIpc) is 2.95. The van der Waals surface area contributed by atoms with Crippen molar-refractivity contribution in [2.75, 3.05) is 7.11 Å². The first kappa shape index (κ1) is 26.3. The van der Waals surface area contributed by atoms with Crippen LogP contribution in [0, 0.1) is 12.8 Å². The number of methoxy groups -OCH3 is 1. The summed E-state index contributed by atoms with van der Waals surface area (Å²) in [5.41, 5.74) is 3.75. The van der Waals surface area contributed by atoms with Crippen LogP contribution in [-0.4, -0.2) is 33.6 Å². The third kappa shape index (κ3) is 6.94. The normalized spacial score (nSPS) is 12.1. The van der Waals surface area contributed by atoms with E-state index < -0.39 is 5.92 Å². The summed E-state index contributed by atoms with van der Waals surface area (Å²) in [4.78, 5) is 28.0. The first-order valence-corrected chi connectivity index (χ1v) is 14.4. The second-order valence-corrected chi connectivity index (χ2v) is 11.2. The molecule has 0 heterocycles. The van der Waals surface area contributed by atoms with Crippen LogP contribution in [0.25, 0.3) is 11.6 Å². The summed E-state index contributed by atoms with van der Waals surface area (Å²) in [6.45, 7) is 1.99. The molecule has 0 aliphatic rings. The molecule has 0 aliphatic carbocycles. The number of benzene rings is 4. The zero-order valence-corrected chi connectivity index (χ0v) is 22.8. The molecule has 0 saturated carbocycles. The zero-order chi connectivity index (χ0) is 26.0. The van der Waals surface area contributed by atoms with E-state index in [1.807, 2.05) is 110 Å². The van der Waals surface area contributed by atoms with Gasteiger partial charge >= 0.3 is 226 Å². The number of carbonyl (C=O) groups is 2. The molecule has 4 aromatic rings. The molecule has 37 heavy (non-hydrogen) atoms. The monoisotopic (exact) mass is 554 g/mol. The number of ketones is 2. The summed E-state index contributed by atoms with van der Waals surface area (Å²) in [6.07, 6.45) is 2.35. The van der Waals surface area contributed by atoms with E-state index in [0.717, 1.165) is 22.0 Å². The van der Waals surface area contributed by atoms with Crippen molar-refractivity contribution < 1.29 is 14.3 Å². The fourth-order valence-corrected chi connectivity index (χ4v) is 6.12. The van der Waals surface area contributed by atoms with E-state index in [1.165, 1.54) is 4.46 Å². The Labute approximate surface area is 225 Å². The van der Waals surface area contributed by atoms with Crippen LogP contribution in [0.1, 0.15) is 33.5 Å². The van der Waals surface area contributed by atoms with E-state index >= 15 is 0 Å². The molecule has 0 spiro atoms. The van der Waals surface area contributed by atoms with Crippen LogP contribution in [0.15, 0.2) is 109 Å². The van der Waals surface area contributed by atoms with Crippen LogP contribution in [-0.2, 0) is 4.79 Å². The number of allylic oxidation sites excluding steroid dienone is 1. The van der Waals surface area contributed by atoms with Crippen LogP contribution in [0.3, 0.4) is 0 Å². The SMILES string of the molecule is COc1ccccc1/C=C(/C(=O)C(CC[Se]c1ccccc1)C(=O)c1ccc(C)cc1)c1ccccc1. The third-order valence-corrected chi connectivity index (χ3v) is 8.37. The van der Waals surface area contributed by atoms with Gasteiger partial charge < -0.3 is 0 Å². The maximum atomic E-state index is 14.2. The number of carbonyl (C=O) groups excluding carboxylic acids is 2. The number of hydrogen-bond acceptors (Lipinski definition) is 3. The molecule has 0 fully saturated rings. The van der Waals surface area contributed by atoms with Crippen LogP contribution in [0.2, 0.25) is 5.32 Å². The van der Waals surface area contributed by atoms with Gasteiger partial charge in [0.1, 0.15) is 0 Å². The van der Waals surface area contributed by atoms with Gasteiger partial charge in [0.05, 0.1) is 0 Å². The maximum absolute atomic E-state index is 14.2. The first-order chi connectivity index (χ1) is 18.1. The predicted molar refractivity (Wildman–Crippen MR) is 153 cm³/mol. The molecule has 0 saturated heterocycles. The minimum atomic E-state index is -0.769. The van der Waals surface area contributed by atoms with Crippen molar-refractivity contribution in [3.05, 3.63) is 131 Å². The molecule has 1 atom stereocenters. The summed E-state index contributed by atoms with van der Waals surface area (Å²) >= 11 is 0.173. The Balaban J connectivity index is 1.72. The number of Topliss-reactive ketones (excluding diaryl/α,β-unsaturated/α-hetero) is 2. The van der Waals surface area contributed by atoms with Gasteiger partial charge in [-0.2, -0.15) is 0 Å². The van der Waals surface area contributed by atoms with E-state index in [2.05, 4.69) is 12.1 Å². The molecule has 0 amide bonds. The molecule has 4 aromatic carbocycles. The Morgan fingerprint density at radius 3 is 2.08 bits per heavy atom. The minimum absolute atomic E-state index is 0.129. The van der Waals surface area contributed by atoms with E-state index in [9.17, 15) is 9.59 Å². The molecule has 0 N–H and O–H groups in total. The summed E-state index contributed by atoms with van der Waals surface area (Å²) in [5.74, 6) is -0.380. The summed E-state index contributed by atoms with van der Waals surface area (Å²) < 4.78 is 6.80. The first-order valence-electron chi connectivity index (χ1n) is 12.3. The molecular weight excluding hydrogens is 523 g/mol. The average molecular weight is 554 g/mol. The number of hydrogen-bond donors (Lipinski definition) is 0. The molecule has 0 radical (unpaired) electrons. The quantitative estimate of drug-likeness (QED) is 0.0705. The van der Waals surface area contributed by atoms with Crippen molar-refractivity contribution in [2.24, 2.45) is 5.92 Å². The Bertz CT molecular complexity index is 1360. The summed E-state index contributed by atoms with van der Waals surface area (Å²) in [6, 6.07) is 35.0. The zero-order valence-electron chi connectivity index (χ0n) is 21.1. The second-order valence-electron chi connectivity index (χ2n) is 8.76. The van der Waals surface area contributed by atoms with E-state index in [0.29, 0.717) is 23.3 Å². The molecule has 0 aliphatic heterocycles. The molecule has 1 unspecified atom stereocenters. The molecule has 0 aromatic heterocycles. The van der Waals surface area contributed by atoms with E-state index in [1.54, 1.807) is 7.11 Å². The van der Waals surface area contributed by atoms with Crippen LogP contribution in [0.5, 0.6) is 5.75 Å². The Morgan fingerprint density at radius 1 is 0.784 bits per heavy atom. The van der Waals surface area contributed by atoms with Crippen LogP contribution >= 0.6 is 0 Å². The second kappa shape index (κ2) is 13.0. The van der Waals surface area contributed by atoms with Crippen molar-refractivity contribution >= 4 is 42.6 Å². The summed E-state index contributed by atoms with van der Waals surface area (Å²) in [7, 11) is 1.62. The van der Waals surface area contributed by atoms with Crippen LogP contribution in [0.4, 0.5) is 0 Å². The Morgan fingerprint density at radius 2 is 1.41 bits per heavy atom. The number of para-hydroxylation sites is 1. The molecule has 186 valence electrons. The van der Waals surface area contributed by atoms with Crippen molar-refractivity contribution in [3.63, 3.8) is 0 Å². The van der Waals surface area contributed by atoms with Gasteiger partial charge in [0.25, 0.3) is 0 Å². The van der Waals surface area contributed by atoms with Crippen molar-refractivity contribution in [3.8, 4) is 5.75 Å². The standard InChI is InChI=1S/C33H30O3Se/c1-24-17-19-26(20-18-24)32(34)29(21-22-37-28-14-7-4-8-15-28)33(35)30(25-11-5-3-6-12-25)23-27-13-9-10-16-31(27)36-2/h3-20,23,29H,21-22H2,1-2H3/b30-23+. The van der Waals surface area contributed by atoms with Gasteiger partial charge in [0, 0.05) is 0 Å². The molecule has 0 bridgehead atoms. The third-order valence-electron chi connectivity index (χ3n) is 6.18. The van der Waals surface area contributed by atoms with E-state index in [4.69, 9.17) is 4.74 Å². The fraction of sp³-hybridized carbons (Fsp3) is 0.152. The molecule has 4 rings (SSSR count). The molecule has 3 nitrogen and oxygen atoms in total. The summed E-state index contributed by atoms with van der Waals surface area (Å²) in [5, 5.41) is 0.793. The van der Waals surface area contributed by atoms with Crippen molar-refractivity contribution in [1.82, 2.24) is 0 Å². The van der Waals surface area contributed by atoms with Gasteiger partial charge in [-0.25, -0.2) is 0 Å². The van der Waals surface area contributed by atoms with Gasteiger partial charge in [0.15, 0.2) is 0 Å².